The molecule has 1 fully saturated rings. The topological polar surface area (TPSA) is 158 Å². The van der Waals surface area contributed by atoms with Crippen LogP contribution < -0.4 is 16.0 Å². The Morgan fingerprint density at radius 3 is 2.65 bits per heavy atom. The Morgan fingerprint density at radius 2 is 2.02 bits per heavy atom. The standard InChI is InChI=1S/C25H28ClN7O5.C2H6/c1-3-16(12-32-14-29-20-21(27)30-24(26)31-22(20)32)19(37-2)13-38-18(23(34)35)11-15-5-7-17(8-6-15)33-10-4-9-28-25(33)36;1-2/h1,5-8,14,16,18-19H,4,9-13H2,2H3,(H,28,36)(H,34,35)(H2,27,30,31);1-2H3/t16?,18-,19?;/m1./s1. The number of benzene rings is 1. The zero-order valence-electron chi connectivity index (χ0n) is 22.7. The Kier molecular flexibility index (Phi) is 11.1. The van der Waals surface area contributed by atoms with E-state index < -0.39 is 24.1 Å². The first-order valence-electron chi connectivity index (χ1n) is 12.9. The molecule has 0 aliphatic carbocycles. The molecule has 1 aliphatic heterocycles. The number of terminal acetylenes is 1. The molecule has 1 aromatic carbocycles. The summed E-state index contributed by atoms with van der Waals surface area (Å²) in [5, 5.41) is 12.6. The molecule has 2 aromatic heterocycles. The minimum Gasteiger partial charge on any atom is -0.479 e. The number of carbonyl (C=O) groups excluding carboxylic acids is 1. The Morgan fingerprint density at radius 1 is 1.30 bits per heavy atom. The van der Waals surface area contributed by atoms with Gasteiger partial charge in [-0.2, -0.15) is 9.97 Å². The third-order valence-corrected chi connectivity index (χ3v) is 6.48. The summed E-state index contributed by atoms with van der Waals surface area (Å²) in [5.74, 6) is 1.22. The van der Waals surface area contributed by atoms with Crippen molar-refractivity contribution in [3.05, 3.63) is 41.4 Å². The SMILES string of the molecule is C#CC(Cn1cnc2c(N)nc(Cl)nc21)C(CO[C@H](Cc1ccc(N2CCCNC2=O)cc1)C(=O)O)OC.CC. The van der Waals surface area contributed by atoms with Crippen molar-refractivity contribution in [2.45, 2.75) is 45.4 Å². The highest BCUT2D eigenvalue weighted by Gasteiger charge is 2.26. The number of nitrogens with one attached hydrogen (secondary N) is 1. The lowest BCUT2D eigenvalue weighted by Crippen LogP contribution is -2.46. The van der Waals surface area contributed by atoms with E-state index in [0.717, 1.165) is 17.7 Å². The monoisotopic (exact) mass is 571 g/mol. The third kappa shape index (κ3) is 7.38. The van der Waals surface area contributed by atoms with Gasteiger partial charge in [-0.1, -0.05) is 31.9 Å². The first-order chi connectivity index (χ1) is 19.3. The average Bonchev–Trinajstić information content (AvgIpc) is 3.36. The van der Waals surface area contributed by atoms with Crippen LogP contribution in [-0.2, 0) is 27.2 Å². The van der Waals surface area contributed by atoms with Gasteiger partial charge in [0.25, 0.3) is 0 Å². The molecule has 0 spiro atoms. The van der Waals surface area contributed by atoms with Gasteiger partial charge in [0.1, 0.15) is 5.52 Å². The Bertz CT molecular complexity index is 1340. The largest absolute Gasteiger partial charge is 0.479 e. The number of ether oxygens (including phenoxy) is 2. The maximum atomic E-state index is 12.1. The molecule has 3 aromatic rings. The van der Waals surface area contributed by atoms with Crippen LogP contribution in [0.5, 0.6) is 0 Å². The molecular weight excluding hydrogens is 538 g/mol. The fraction of sp³-hybridized carbons (Fsp3) is 0.444. The van der Waals surface area contributed by atoms with Crippen LogP contribution >= 0.6 is 11.6 Å². The van der Waals surface area contributed by atoms with Gasteiger partial charge in [0.15, 0.2) is 17.6 Å². The van der Waals surface area contributed by atoms with Gasteiger partial charge in [0, 0.05) is 38.9 Å². The molecule has 214 valence electrons. The Balaban J connectivity index is 0.00000216. The lowest BCUT2D eigenvalue weighted by Gasteiger charge is -2.27. The zero-order chi connectivity index (χ0) is 29.2. The molecule has 40 heavy (non-hydrogen) atoms. The van der Waals surface area contributed by atoms with Gasteiger partial charge in [0.2, 0.25) is 5.28 Å². The molecule has 2 unspecified atom stereocenters. The predicted octanol–water partition coefficient (Wildman–Crippen LogP) is 2.98. The molecule has 3 atom stereocenters. The van der Waals surface area contributed by atoms with E-state index in [9.17, 15) is 14.7 Å². The number of carboxylic acid groups (broad SMARTS) is 1. The number of fused-ring (bicyclic) bond motifs is 1. The van der Waals surface area contributed by atoms with Gasteiger partial charge >= 0.3 is 12.0 Å². The van der Waals surface area contributed by atoms with E-state index >= 15 is 0 Å². The quantitative estimate of drug-likeness (QED) is 0.232. The van der Waals surface area contributed by atoms with Gasteiger partial charge in [-0.3, -0.25) is 4.90 Å². The summed E-state index contributed by atoms with van der Waals surface area (Å²) >= 11 is 5.94. The Labute approximate surface area is 237 Å². The first-order valence-corrected chi connectivity index (χ1v) is 13.3. The van der Waals surface area contributed by atoms with Gasteiger partial charge in [-0.25, -0.2) is 14.6 Å². The molecule has 13 heteroatoms. The number of amides is 2. The van der Waals surface area contributed by atoms with Crippen LogP contribution in [-0.4, -0.2) is 75.6 Å². The molecule has 3 heterocycles. The Hall–Kier alpha value is -3.92. The van der Waals surface area contributed by atoms with Crippen LogP contribution in [0.25, 0.3) is 11.2 Å². The average molecular weight is 572 g/mol. The number of carboxylic acids is 1. The predicted molar refractivity (Wildman–Crippen MR) is 152 cm³/mol. The highest BCUT2D eigenvalue weighted by atomic mass is 35.5. The second kappa shape index (κ2) is 14.5. The molecule has 2 amide bonds. The summed E-state index contributed by atoms with van der Waals surface area (Å²) in [6, 6.07) is 7.02. The van der Waals surface area contributed by atoms with E-state index in [0.29, 0.717) is 24.3 Å². The normalized spacial score (nSPS) is 15.4. The summed E-state index contributed by atoms with van der Waals surface area (Å²) in [7, 11) is 1.48. The number of anilines is 2. The van der Waals surface area contributed by atoms with E-state index in [1.54, 1.807) is 33.7 Å². The van der Waals surface area contributed by atoms with Crippen molar-refractivity contribution >= 4 is 46.3 Å². The zero-order valence-corrected chi connectivity index (χ0v) is 23.5. The van der Waals surface area contributed by atoms with Crippen LogP contribution in [0, 0.1) is 18.3 Å². The third-order valence-electron chi connectivity index (χ3n) is 6.31. The van der Waals surface area contributed by atoms with Crippen LogP contribution in [0.1, 0.15) is 25.8 Å². The van der Waals surface area contributed by atoms with E-state index in [2.05, 4.69) is 26.2 Å². The fourth-order valence-corrected chi connectivity index (χ4v) is 4.41. The number of hydrogen-bond donors (Lipinski definition) is 3. The smallest absolute Gasteiger partial charge is 0.333 e. The van der Waals surface area contributed by atoms with E-state index in [4.69, 9.17) is 33.2 Å². The summed E-state index contributed by atoms with van der Waals surface area (Å²) in [4.78, 5) is 38.0. The lowest BCUT2D eigenvalue weighted by molar-refractivity contribution is -0.153. The van der Waals surface area contributed by atoms with Crippen molar-refractivity contribution < 1.29 is 24.2 Å². The molecule has 1 aliphatic rings. The molecule has 1 saturated heterocycles. The number of nitrogens with zero attached hydrogens (tertiary/aromatic N) is 5. The second-order valence-corrected chi connectivity index (χ2v) is 9.10. The number of carbonyl (C=O) groups is 2. The first kappa shape index (κ1) is 30.6. The van der Waals surface area contributed by atoms with Crippen molar-refractivity contribution in [2.75, 3.05) is 37.4 Å². The van der Waals surface area contributed by atoms with Crippen LogP contribution in [0.3, 0.4) is 0 Å². The van der Waals surface area contributed by atoms with Crippen molar-refractivity contribution in [3.8, 4) is 12.3 Å². The molecule has 0 bridgehead atoms. The maximum absolute atomic E-state index is 12.1. The van der Waals surface area contributed by atoms with Crippen LogP contribution in [0.2, 0.25) is 5.28 Å². The van der Waals surface area contributed by atoms with E-state index in [-0.39, 0.29) is 36.7 Å². The van der Waals surface area contributed by atoms with Gasteiger partial charge in [0.05, 0.1) is 25.0 Å². The van der Waals surface area contributed by atoms with Crippen LogP contribution in [0.4, 0.5) is 16.3 Å². The minimum absolute atomic E-state index is 0.0165. The molecule has 4 N–H and O–H groups in total. The second-order valence-electron chi connectivity index (χ2n) is 8.76. The van der Waals surface area contributed by atoms with Gasteiger partial charge < -0.3 is 30.2 Å². The molecular formula is C27H34ClN7O5. The minimum atomic E-state index is -1.13. The highest BCUT2D eigenvalue weighted by Crippen LogP contribution is 2.22. The number of aromatic nitrogens is 4. The molecule has 0 saturated carbocycles. The number of nitrogens with two attached hydrogens (primary N) is 1. The number of aliphatic carboxylic acids is 1. The number of urea groups is 1. The van der Waals surface area contributed by atoms with Gasteiger partial charge in [-0.15, -0.1) is 6.42 Å². The number of nitrogen functional groups attached to an aromatic ring is 1. The number of halogens is 1. The number of methoxy groups -OCH3 is 1. The van der Waals surface area contributed by atoms with Crippen molar-refractivity contribution in [1.29, 1.82) is 0 Å². The van der Waals surface area contributed by atoms with E-state index in [1.165, 1.54) is 13.4 Å². The van der Waals surface area contributed by atoms with Gasteiger partial charge in [-0.05, 0) is 35.7 Å². The summed E-state index contributed by atoms with van der Waals surface area (Å²) in [6.45, 7) is 5.48. The summed E-state index contributed by atoms with van der Waals surface area (Å²) in [6.07, 6.45) is 6.56. The number of rotatable bonds is 11. The summed E-state index contributed by atoms with van der Waals surface area (Å²) < 4.78 is 13.0. The van der Waals surface area contributed by atoms with Crippen molar-refractivity contribution in [1.82, 2.24) is 24.8 Å². The number of hydrogen-bond acceptors (Lipinski definition) is 8. The van der Waals surface area contributed by atoms with Crippen molar-refractivity contribution in [2.24, 2.45) is 5.92 Å². The molecule has 0 radical (unpaired) electrons. The number of imidazole rings is 1. The van der Waals surface area contributed by atoms with E-state index in [1.807, 2.05) is 13.8 Å². The van der Waals surface area contributed by atoms with Crippen LogP contribution in [0.15, 0.2) is 30.6 Å². The summed E-state index contributed by atoms with van der Waals surface area (Å²) in [5.41, 5.74) is 8.19. The highest BCUT2D eigenvalue weighted by molar-refractivity contribution is 6.28. The molecule has 12 nitrogen and oxygen atoms in total. The maximum Gasteiger partial charge on any atom is 0.333 e. The van der Waals surface area contributed by atoms with Crippen molar-refractivity contribution in [3.63, 3.8) is 0 Å². The fourth-order valence-electron chi connectivity index (χ4n) is 4.24. The lowest BCUT2D eigenvalue weighted by atomic mass is 10.0. The molecule has 4 rings (SSSR count).